The van der Waals surface area contributed by atoms with Gasteiger partial charge in [-0.3, -0.25) is 4.79 Å². The maximum atomic E-state index is 12.5. The number of nitrogens with one attached hydrogen (secondary N) is 1. The second kappa shape index (κ2) is 5.28. The van der Waals surface area contributed by atoms with Gasteiger partial charge in [-0.1, -0.05) is 0 Å². The van der Waals surface area contributed by atoms with Gasteiger partial charge >= 0.3 is 0 Å². The summed E-state index contributed by atoms with van der Waals surface area (Å²) in [5, 5.41) is 3.97. The Morgan fingerprint density at radius 1 is 1.45 bits per heavy atom. The number of nitrogens with zero attached hydrogens (tertiary/aromatic N) is 2. The molecule has 3 aliphatic heterocycles. The number of methoxy groups -OCH3 is 1. The fraction of sp³-hybridized carbons (Fsp3) is 0.500. The number of piperidine rings is 3. The minimum absolute atomic E-state index is 0.139. The molecule has 5 heterocycles. The average Bonchev–Trinajstić information content (AvgIpc) is 3.03. The number of carbonyl (C=O) groups excluding carboxylic acids is 1. The van der Waals surface area contributed by atoms with Crippen molar-refractivity contribution in [2.24, 2.45) is 5.92 Å². The Morgan fingerprint density at radius 3 is 2.95 bits per heavy atom. The molecule has 3 saturated heterocycles. The third-order valence-corrected chi connectivity index (χ3v) is 4.80. The number of carbonyl (C=O) groups is 1. The van der Waals surface area contributed by atoms with E-state index >= 15 is 0 Å². The van der Waals surface area contributed by atoms with E-state index in [-0.39, 0.29) is 11.9 Å². The molecule has 1 N–H and O–H groups in total. The first kappa shape index (κ1) is 13.6. The number of ether oxygens (including phenoxy) is 1. The fourth-order valence-electron chi connectivity index (χ4n) is 3.57. The van der Waals surface area contributed by atoms with Gasteiger partial charge in [0.2, 0.25) is 0 Å². The number of hydrogen-bond donors (Lipinski definition) is 1. The van der Waals surface area contributed by atoms with E-state index in [4.69, 9.17) is 9.15 Å². The first-order chi connectivity index (χ1) is 10.7. The van der Waals surface area contributed by atoms with Gasteiger partial charge < -0.3 is 19.4 Å². The van der Waals surface area contributed by atoms with E-state index in [1.807, 2.05) is 6.07 Å². The highest BCUT2D eigenvalue weighted by Crippen LogP contribution is 2.28. The molecular formula is C16H19N3O3. The molecule has 0 aliphatic carbocycles. The Hall–Kier alpha value is -2.08. The predicted molar refractivity (Wildman–Crippen MR) is 81.0 cm³/mol. The predicted octanol–water partition coefficient (Wildman–Crippen LogP) is 1.66. The zero-order valence-corrected chi connectivity index (χ0v) is 12.5. The van der Waals surface area contributed by atoms with E-state index < -0.39 is 0 Å². The maximum absolute atomic E-state index is 12.5. The molecule has 1 unspecified atom stereocenters. The highest BCUT2D eigenvalue weighted by Gasteiger charge is 2.35. The molecular weight excluding hydrogens is 282 g/mol. The van der Waals surface area contributed by atoms with Gasteiger partial charge in [0.05, 0.1) is 13.4 Å². The summed E-state index contributed by atoms with van der Waals surface area (Å²) >= 11 is 0. The second-order valence-corrected chi connectivity index (χ2v) is 6.07. The van der Waals surface area contributed by atoms with Crippen molar-refractivity contribution >= 4 is 16.9 Å². The molecule has 116 valence electrons. The molecule has 1 atom stereocenters. The number of rotatable bonds is 3. The summed E-state index contributed by atoms with van der Waals surface area (Å²) in [7, 11) is 1.53. The Kier molecular flexibility index (Phi) is 3.26. The highest BCUT2D eigenvalue weighted by atomic mass is 16.5. The van der Waals surface area contributed by atoms with E-state index in [2.05, 4.69) is 15.2 Å². The van der Waals surface area contributed by atoms with Crippen molar-refractivity contribution in [3.05, 3.63) is 24.1 Å². The van der Waals surface area contributed by atoms with Gasteiger partial charge in [-0.15, -0.1) is 0 Å². The van der Waals surface area contributed by atoms with Crippen LogP contribution in [0.15, 0.2) is 22.8 Å². The van der Waals surface area contributed by atoms with Crippen LogP contribution < -0.4 is 10.1 Å². The molecule has 3 aliphatic rings. The SMILES string of the molecule is COc1nc(C(=O)NC2CN3CCC2CC3)cc2ccoc12. The molecule has 5 rings (SSSR count). The van der Waals surface area contributed by atoms with Crippen LogP contribution in [0.25, 0.3) is 11.0 Å². The molecule has 0 saturated carbocycles. The topological polar surface area (TPSA) is 67.6 Å². The molecule has 0 spiro atoms. The molecule has 22 heavy (non-hydrogen) atoms. The summed E-state index contributed by atoms with van der Waals surface area (Å²) in [5.74, 6) is 0.801. The molecule has 6 nitrogen and oxygen atoms in total. The largest absolute Gasteiger partial charge is 0.478 e. The van der Waals surface area contributed by atoms with Gasteiger partial charge in [-0.25, -0.2) is 4.98 Å². The van der Waals surface area contributed by atoms with Crippen LogP contribution in [-0.4, -0.2) is 48.6 Å². The summed E-state index contributed by atoms with van der Waals surface area (Å²) in [6.45, 7) is 3.26. The smallest absolute Gasteiger partial charge is 0.270 e. The molecule has 3 fully saturated rings. The van der Waals surface area contributed by atoms with Gasteiger partial charge in [-0.2, -0.15) is 0 Å². The van der Waals surface area contributed by atoms with Gasteiger partial charge in [0.1, 0.15) is 5.69 Å². The van der Waals surface area contributed by atoms with Crippen LogP contribution in [0.5, 0.6) is 5.88 Å². The fourth-order valence-corrected chi connectivity index (χ4v) is 3.57. The molecule has 2 aromatic rings. The quantitative estimate of drug-likeness (QED) is 0.934. The van der Waals surface area contributed by atoms with Gasteiger partial charge in [-0.05, 0) is 44.0 Å². The van der Waals surface area contributed by atoms with Crippen LogP contribution in [0, 0.1) is 5.92 Å². The summed E-state index contributed by atoms with van der Waals surface area (Å²) in [4.78, 5) is 19.2. The summed E-state index contributed by atoms with van der Waals surface area (Å²) in [6.07, 6.45) is 3.91. The van der Waals surface area contributed by atoms with E-state index in [1.54, 1.807) is 12.3 Å². The van der Waals surface area contributed by atoms with Gasteiger partial charge in [0, 0.05) is 18.0 Å². The zero-order valence-electron chi connectivity index (χ0n) is 12.5. The Balaban J connectivity index is 1.57. The summed E-state index contributed by atoms with van der Waals surface area (Å²) in [5.41, 5.74) is 0.948. The lowest BCUT2D eigenvalue weighted by molar-refractivity contribution is 0.0617. The van der Waals surface area contributed by atoms with E-state index in [1.165, 1.54) is 20.0 Å². The summed E-state index contributed by atoms with van der Waals surface area (Å²) < 4.78 is 10.6. The highest BCUT2D eigenvalue weighted by molar-refractivity contribution is 5.97. The van der Waals surface area contributed by atoms with Crippen molar-refractivity contribution < 1.29 is 13.9 Å². The van der Waals surface area contributed by atoms with Crippen molar-refractivity contribution in [2.75, 3.05) is 26.7 Å². The second-order valence-electron chi connectivity index (χ2n) is 6.07. The minimum Gasteiger partial charge on any atom is -0.478 e. The third kappa shape index (κ3) is 2.23. The first-order valence-corrected chi connectivity index (χ1v) is 7.70. The standard InChI is InChI=1S/C16H19N3O3/c1-21-16-14-11(4-7-22-14)8-12(18-16)15(20)17-13-9-19-5-2-10(13)3-6-19/h4,7-8,10,13H,2-3,5-6,9H2,1H3,(H,17,20). The molecule has 1 amide bonds. The lowest BCUT2D eigenvalue weighted by Gasteiger charge is -2.44. The molecule has 2 bridgehead atoms. The molecule has 0 aromatic carbocycles. The minimum atomic E-state index is -0.139. The van der Waals surface area contributed by atoms with E-state index in [0.29, 0.717) is 23.1 Å². The van der Waals surface area contributed by atoms with Crippen LogP contribution >= 0.6 is 0 Å². The Labute approximate surface area is 128 Å². The maximum Gasteiger partial charge on any atom is 0.270 e. The molecule has 6 heteroatoms. The number of furan rings is 1. The van der Waals surface area contributed by atoms with Crippen LogP contribution in [0.1, 0.15) is 23.3 Å². The van der Waals surface area contributed by atoms with Crippen molar-refractivity contribution in [2.45, 2.75) is 18.9 Å². The Morgan fingerprint density at radius 2 is 2.27 bits per heavy atom. The zero-order chi connectivity index (χ0) is 15.1. The first-order valence-electron chi connectivity index (χ1n) is 7.70. The van der Waals surface area contributed by atoms with Crippen molar-refractivity contribution in [3.63, 3.8) is 0 Å². The van der Waals surface area contributed by atoms with Crippen molar-refractivity contribution in [1.82, 2.24) is 15.2 Å². The third-order valence-electron chi connectivity index (χ3n) is 4.80. The van der Waals surface area contributed by atoms with Crippen LogP contribution in [0.4, 0.5) is 0 Å². The van der Waals surface area contributed by atoms with Crippen LogP contribution in [0.2, 0.25) is 0 Å². The normalized spacial score (nSPS) is 27.0. The average molecular weight is 301 g/mol. The van der Waals surface area contributed by atoms with E-state index in [0.717, 1.165) is 25.0 Å². The molecule has 0 radical (unpaired) electrons. The Bertz CT molecular complexity index is 704. The van der Waals surface area contributed by atoms with Gasteiger partial charge in [0.25, 0.3) is 11.8 Å². The number of amides is 1. The number of pyridine rings is 1. The van der Waals surface area contributed by atoms with Crippen LogP contribution in [-0.2, 0) is 0 Å². The monoisotopic (exact) mass is 301 g/mol. The number of fused-ring (bicyclic) bond motifs is 4. The lowest BCUT2D eigenvalue weighted by Crippen LogP contribution is -2.57. The summed E-state index contributed by atoms with van der Waals surface area (Å²) in [6, 6.07) is 3.78. The lowest BCUT2D eigenvalue weighted by atomic mass is 9.84. The van der Waals surface area contributed by atoms with Crippen LogP contribution in [0.3, 0.4) is 0 Å². The number of hydrogen-bond acceptors (Lipinski definition) is 5. The van der Waals surface area contributed by atoms with Gasteiger partial charge in [0.15, 0.2) is 5.58 Å². The molecule has 2 aromatic heterocycles. The van der Waals surface area contributed by atoms with E-state index in [9.17, 15) is 4.79 Å². The van der Waals surface area contributed by atoms with Crippen molar-refractivity contribution in [3.8, 4) is 5.88 Å². The van der Waals surface area contributed by atoms with Crippen molar-refractivity contribution in [1.29, 1.82) is 0 Å². The number of aromatic nitrogens is 1.